The van der Waals surface area contributed by atoms with Crippen molar-refractivity contribution >= 4 is 34.3 Å². The van der Waals surface area contributed by atoms with Crippen LogP contribution >= 0.6 is 0 Å². The molecule has 5 aromatic rings. The van der Waals surface area contributed by atoms with Crippen LogP contribution in [0.15, 0.2) is 83.2 Å². The predicted molar refractivity (Wildman–Crippen MR) is 162 cm³/mol. The number of carbonyl (C=O) groups is 1. The molecule has 9 nitrogen and oxygen atoms in total. The maximum atomic E-state index is 13.3. The molecule has 2 aliphatic heterocycles. The number of hydrogen-bond acceptors (Lipinski definition) is 7. The van der Waals surface area contributed by atoms with Gasteiger partial charge in [0.2, 0.25) is 0 Å². The van der Waals surface area contributed by atoms with Gasteiger partial charge in [0.1, 0.15) is 22.9 Å². The molecular weight excluding hydrogens is 514 g/mol. The van der Waals surface area contributed by atoms with Gasteiger partial charge in [-0.3, -0.25) is 14.6 Å². The van der Waals surface area contributed by atoms with Crippen molar-refractivity contribution in [3.63, 3.8) is 0 Å². The Morgan fingerprint density at radius 2 is 1.46 bits per heavy atom. The van der Waals surface area contributed by atoms with Gasteiger partial charge in [0.15, 0.2) is 0 Å². The summed E-state index contributed by atoms with van der Waals surface area (Å²) in [6, 6.07) is 18.5. The fourth-order valence-electron chi connectivity index (χ4n) is 5.34. The van der Waals surface area contributed by atoms with Crippen LogP contribution in [0.2, 0.25) is 0 Å². The summed E-state index contributed by atoms with van der Waals surface area (Å²) in [6.45, 7) is 8.87. The third kappa shape index (κ3) is 4.73. The molecule has 0 amide bonds. The summed E-state index contributed by atoms with van der Waals surface area (Å²) < 4.78 is 9.39. The maximum absolute atomic E-state index is 13.3. The first-order chi connectivity index (χ1) is 19.8. The van der Waals surface area contributed by atoms with E-state index in [1.54, 1.807) is 4.57 Å². The van der Waals surface area contributed by atoms with Gasteiger partial charge in [-0.05, 0) is 44.5 Å². The summed E-state index contributed by atoms with van der Waals surface area (Å²) in [4.78, 5) is 27.2. The molecular formula is C32H31N7O2. The first-order valence-electron chi connectivity index (χ1n) is 13.9. The van der Waals surface area contributed by atoms with Gasteiger partial charge in [-0.25, -0.2) is 9.78 Å². The van der Waals surface area contributed by atoms with Gasteiger partial charge in [-0.1, -0.05) is 36.4 Å². The minimum absolute atomic E-state index is 0.410. The highest BCUT2D eigenvalue weighted by Gasteiger charge is 2.22. The summed E-state index contributed by atoms with van der Waals surface area (Å²) in [7, 11) is 0. The highest BCUT2D eigenvalue weighted by molar-refractivity contribution is 6.07. The molecule has 0 aliphatic carbocycles. The van der Waals surface area contributed by atoms with Gasteiger partial charge < -0.3 is 19.8 Å². The summed E-state index contributed by atoms with van der Waals surface area (Å²) >= 11 is 0. The normalized spacial score (nSPS) is 15.1. The molecule has 0 spiro atoms. The van der Waals surface area contributed by atoms with Crippen LogP contribution in [-0.2, 0) is 4.74 Å². The van der Waals surface area contributed by atoms with Gasteiger partial charge in [0.05, 0.1) is 24.3 Å². The number of imidazole rings is 1. The molecule has 0 radical (unpaired) electrons. The molecule has 5 heterocycles. The zero-order chi connectivity index (χ0) is 28.1. The fourth-order valence-corrected chi connectivity index (χ4v) is 5.34. The van der Waals surface area contributed by atoms with E-state index in [2.05, 4.69) is 57.1 Å². The van der Waals surface area contributed by atoms with Crippen molar-refractivity contribution in [2.24, 2.45) is 9.98 Å². The number of nitrogens with zero attached hydrogens (tertiary/aromatic N) is 5. The quantitative estimate of drug-likeness (QED) is 0.327. The van der Waals surface area contributed by atoms with Crippen LogP contribution in [0.1, 0.15) is 31.9 Å². The van der Waals surface area contributed by atoms with Gasteiger partial charge in [0, 0.05) is 59.3 Å². The Labute approximate surface area is 237 Å². The maximum Gasteiger partial charge on any atom is 0.419 e. The van der Waals surface area contributed by atoms with Crippen LogP contribution < -0.4 is 10.6 Å². The molecule has 2 aromatic carbocycles. The molecule has 0 bridgehead atoms. The third-order valence-electron chi connectivity index (χ3n) is 7.23. The Morgan fingerprint density at radius 1 is 0.805 bits per heavy atom. The first-order valence-corrected chi connectivity index (χ1v) is 13.9. The number of pyridine rings is 1. The Hall–Kier alpha value is -4.92. The van der Waals surface area contributed by atoms with Crippen molar-refractivity contribution in [1.82, 2.24) is 24.6 Å². The average molecular weight is 546 g/mol. The standard InChI is InChI=1S/C32H31N7O2/c1-32(2,3)41-31(40)39-18-25(24-10-8-22(16-27(24)39)29-33-12-13-34-29)20-4-6-21(7-5-20)26-19-38-17-23(9-11-28(38)37-26)30-35-14-15-36-30/h4-11,16-19H,12-15H2,1-3H3,(H,33,34)(H,35,36). The van der Waals surface area contributed by atoms with E-state index in [1.165, 1.54) is 0 Å². The smallest absolute Gasteiger partial charge is 0.419 e. The Kier molecular flexibility index (Phi) is 5.88. The molecule has 0 saturated carbocycles. The topological polar surface area (TPSA) is 97.3 Å². The molecule has 0 fully saturated rings. The minimum atomic E-state index is -0.611. The number of amidine groups is 2. The molecule has 9 heteroatoms. The Balaban J connectivity index is 1.25. The van der Waals surface area contributed by atoms with E-state index >= 15 is 0 Å². The summed E-state index contributed by atoms with van der Waals surface area (Å²) in [5, 5.41) is 7.61. The van der Waals surface area contributed by atoms with Crippen LogP contribution in [0.25, 0.3) is 38.9 Å². The van der Waals surface area contributed by atoms with E-state index in [4.69, 9.17) is 9.72 Å². The van der Waals surface area contributed by atoms with E-state index in [0.717, 1.165) is 87.9 Å². The van der Waals surface area contributed by atoms with Crippen LogP contribution in [0.4, 0.5) is 4.79 Å². The molecule has 2 N–H and O–H groups in total. The van der Waals surface area contributed by atoms with Gasteiger partial charge >= 0.3 is 6.09 Å². The van der Waals surface area contributed by atoms with Crippen LogP contribution in [0, 0.1) is 0 Å². The lowest BCUT2D eigenvalue weighted by Crippen LogP contribution is -2.26. The summed E-state index contributed by atoms with van der Waals surface area (Å²) in [5.41, 5.74) is 6.91. The van der Waals surface area contributed by atoms with E-state index in [9.17, 15) is 4.79 Å². The largest absolute Gasteiger partial charge is 0.443 e. The number of benzene rings is 2. The number of carbonyl (C=O) groups excluding carboxylic acids is 1. The van der Waals surface area contributed by atoms with Crippen molar-refractivity contribution in [3.05, 3.63) is 84.3 Å². The fraction of sp³-hybridized carbons (Fsp3) is 0.250. The average Bonchev–Trinajstić information content (AvgIpc) is 3.77. The molecule has 206 valence electrons. The second-order valence-electron chi connectivity index (χ2n) is 11.3. The van der Waals surface area contributed by atoms with Gasteiger partial charge in [-0.2, -0.15) is 0 Å². The van der Waals surface area contributed by atoms with Gasteiger partial charge in [-0.15, -0.1) is 0 Å². The second kappa shape index (κ2) is 9.62. The third-order valence-corrected chi connectivity index (χ3v) is 7.23. The van der Waals surface area contributed by atoms with Crippen molar-refractivity contribution in [3.8, 4) is 22.4 Å². The highest BCUT2D eigenvalue weighted by atomic mass is 16.6. The SMILES string of the molecule is CC(C)(C)OC(=O)n1cc(-c2ccc(-c3cn4cc(C5=NCCN5)ccc4n3)cc2)c2ccc(C3=NCCN3)cc21. The van der Waals surface area contributed by atoms with E-state index < -0.39 is 11.7 Å². The van der Waals surface area contributed by atoms with Crippen LogP contribution in [0.3, 0.4) is 0 Å². The molecule has 7 rings (SSSR count). The zero-order valence-corrected chi connectivity index (χ0v) is 23.3. The van der Waals surface area contributed by atoms with Crippen LogP contribution in [-0.4, -0.2) is 63.5 Å². The van der Waals surface area contributed by atoms with Crippen molar-refractivity contribution in [2.45, 2.75) is 26.4 Å². The number of ether oxygens (including phenoxy) is 1. The molecule has 2 aliphatic rings. The molecule has 0 saturated heterocycles. The van der Waals surface area contributed by atoms with Crippen LogP contribution in [0.5, 0.6) is 0 Å². The summed E-state index contributed by atoms with van der Waals surface area (Å²) in [5.74, 6) is 1.78. The number of aliphatic imine (C=N–C) groups is 2. The van der Waals surface area contributed by atoms with Gasteiger partial charge in [0.25, 0.3) is 0 Å². The number of hydrogen-bond donors (Lipinski definition) is 2. The number of rotatable bonds is 4. The van der Waals surface area contributed by atoms with E-state index in [-0.39, 0.29) is 0 Å². The molecule has 3 aromatic heterocycles. The van der Waals surface area contributed by atoms with Crippen molar-refractivity contribution in [2.75, 3.05) is 26.2 Å². The number of fused-ring (bicyclic) bond motifs is 2. The second-order valence-corrected chi connectivity index (χ2v) is 11.3. The number of aromatic nitrogens is 3. The van der Waals surface area contributed by atoms with Crippen molar-refractivity contribution < 1.29 is 9.53 Å². The minimum Gasteiger partial charge on any atom is -0.443 e. The van der Waals surface area contributed by atoms with E-state index in [1.807, 2.05) is 61.8 Å². The molecule has 0 unspecified atom stereocenters. The Bertz CT molecular complexity index is 1870. The first kappa shape index (κ1) is 25.1. The highest BCUT2D eigenvalue weighted by Crippen LogP contribution is 2.33. The van der Waals surface area contributed by atoms with Crippen molar-refractivity contribution in [1.29, 1.82) is 0 Å². The lowest BCUT2D eigenvalue weighted by atomic mass is 10.0. The Morgan fingerprint density at radius 3 is 2.15 bits per heavy atom. The number of nitrogens with one attached hydrogen (secondary N) is 2. The zero-order valence-electron chi connectivity index (χ0n) is 23.3. The predicted octanol–water partition coefficient (Wildman–Crippen LogP) is 5.11. The lowest BCUT2D eigenvalue weighted by molar-refractivity contribution is 0.0544. The molecule has 41 heavy (non-hydrogen) atoms. The lowest BCUT2D eigenvalue weighted by Gasteiger charge is -2.19. The monoisotopic (exact) mass is 545 g/mol. The molecule has 0 atom stereocenters. The van der Waals surface area contributed by atoms with E-state index in [0.29, 0.717) is 0 Å². The summed E-state index contributed by atoms with van der Waals surface area (Å²) in [6.07, 6.45) is 5.56.